The van der Waals surface area contributed by atoms with Gasteiger partial charge in [0.1, 0.15) is 19.0 Å². The van der Waals surface area contributed by atoms with Gasteiger partial charge in [0.05, 0.1) is 18.2 Å². The van der Waals surface area contributed by atoms with Gasteiger partial charge in [-0.25, -0.2) is 4.79 Å². The van der Waals surface area contributed by atoms with Crippen molar-refractivity contribution in [2.45, 2.75) is 38.7 Å². The van der Waals surface area contributed by atoms with E-state index in [4.69, 9.17) is 14.2 Å². The molecule has 0 spiro atoms. The summed E-state index contributed by atoms with van der Waals surface area (Å²) in [4.78, 5) is 24.0. The van der Waals surface area contributed by atoms with Crippen LogP contribution < -0.4 is 10.1 Å². The molecule has 2 aromatic rings. The number of esters is 1. The molecule has 2 aromatic carbocycles. The smallest absolute Gasteiger partial charge is 0.338 e. The summed E-state index contributed by atoms with van der Waals surface area (Å²) in [5.41, 5.74) is 2.78. The molecule has 1 atom stereocenters. The molecule has 1 heterocycles. The molecule has 0 bridgehead atoms. The van der Waals surface area contributed by atoms with Gasteiger partial charge in [0, 0.05) is 13.0 Å². The van der Waals surface area contributed by atoms with Gasteiger partial charge in [-0.3, -0.25) is 4.79 Å². The van der Waals surface area contributed by atoms with Crippen molar-refractivity contribution in [1.29, 1.82) is 0 Å². The van der Waals surface area contributed by atoms with Gasteiger partial charge < -0.3 is 19.5 Å². The Morgan fingerprint density at radius 1 is 1.10 bits per heavy atom. The molecule has 1 fully saturated rings. The predicted molar refractivity (Wildman–Crippen MR) is 114 cm³/mol. The molecule has 1 aliphatic rings. The third-order valence-corrected chi connectivity index (χ3v) is 4.97. The first-order valence-corrected chi connectivity index (χ1v) is 10.4. The van der Waals surface area contributed by atoms with E-state index in [1.165, 1.54) is 5.56 Å². The van der Waals surface area contributed by atoms with Crippen molar-refractivity contribution in [2.24, 2.45) is 0 Å². The van der Waals surface area contributed by atoms with E-state index in [1.54, 1.807) is 24.3 Å². The number of hydrogen-bond acceptors (Lipinski definition) is 5. The summed E-state index contributed by atoms with van der Waals surface area (Å²) in [7, 11) is 0. The van der Waals surface area contributed by atoms with Gasteiger partial charge in [-0.2, -0.15) is 0 Å². The molecule has 3 rings (SSSR count). The molecule has 6 nitrogen and oxygen atoms in total. The van der Waals surface area contributed by atoms with E-state index in [-0.39, 0.29) is 18.6 Å². The minimum Gasteiger partial charge on any atom is -0.491 e. The van der Waals surface area contributed by atoms with Crippen LogP contribution in [0.2, 0.25) is 0 Å². The fourth-order valence-electron chi connectivity index (χ4n) is 3.17. The van der Waals surface area contributed by atoms with Crippen molar-refractivity contribution in [3.05, 3.63) is 65.2 Å². The van der Waals surface area contributed by atoms with Crippen molar-refractivity contribution < 1.29 is 23.8 Å². The van der Waals surface area contributed by atoms with Crippen LogP contribution in [0.3, 0.4) is 0 Å². The van der Waals surface area contributed by atoms with Crippen LogP contribution in [-0.4, -0.2) is 44.3 Å². The highest BCUT2D eigenvalue weighted by molar-refractivity contribution is 5.89. The summed E-state index contributed by atoms with van der Waals surface area (Å²) in [6.07, 6.45) is 3.35. The maximum absolute atomic E-state index is 12.1. The van der Waals surface area contributed by atoms with Crippen molar-refractivity contribution in [3.63, 3.8) is 0 Å². The zero-order chi connectivity index (χ0) is 21.2. The molecule has 0 aromatic heterocycles. The van der Waals surface area contributed by atoms with E-state index in [9.17, 15) is 9.59 Å². The molecular weight excluding hydrogens is 382 g/mol. The lowest BCUT2D eigenvalue weighted by atomic mass is 10.1. The number of benzene rings is 2. The third kappa shape index (κ3) is 7.19. The summed E-state index contributed by atoms with van der Waals surface area (Å²) in [6.45, 7) is 3.78. The second kappa shape index (κ2) is 11.4. The normalized spacial score (nSPS) is 15.6. The van der Waals surface area contributed by atoms with E-state index in [2.05, 4.69) is 5.32 Å². The quantitative estimate of drug-likeness (QED) is 0.479. The lowest BCUT2D eigenvalue weighted by molar-refractivity contribution is -0.121. The summed E-state index contributed by atoms with van der Waals surface area (Å²) >= 11 is 0. The molecule has 1 unspecified atom stereocenters. The maximum atomic E-state index is 12.1. The highest BCUT2D eigenvalue weighted by Gasteiger charge is 2.16. The average molecular weight is 411 g/mol. The van der Waals surface area contributed by atoms with Gasteiger partial charge in [-0.15, -0.1) is 0 Å². The van der Waals surface area contributed by atoms with Crippen LogP contribution in [0.5, 0.6) is 5.75 Å². The van der Waals surface area contributed by atoms with Crippen LogP contribution in [0, 0.1) is 6.92 Å². The summed E-state index contributed by atoms with van der Waals surface area (Å²) in [5, 5.41) is 2.78. The number of carbonyl (C=O) groups is 2. The van der Waals surface area contributed by atoms with E-state index >= 15 is 0 Å². The number of rotatable bonds is 10. The molecule has 1 aliphatic heterocycles. The van der Waals surface area contributed by atoms with Crippen molar-refractivity contribution >= 4 is 11.9 Å². The first-order chi connectivity index (χ1) is 14.6. The van der Waals surface area contributed by atoms with Crippen LogP contribution in [0.1, 0.15) is 40.7 Å². The minimum atomic E-state index is -0.422. The highest BCUT2D eigenvalue weighted by atomic mass is 16.5. The zero-order valence-corrected chi connectivity index (χ0v) is 17.4. The van der Waals surface area contributed by atoms with Gasteiger partial charge in [0.25, 0.3) is 0 Å². The topological polar surface area (TPSA) is 73.9 Å². The predicted octanol–water partition coefficient (Wildman–Crippen LogP) is 3.46. The maximum Gasteiger partial charge on any atom is 0.338 e. The average Bonchev–Trinajstić information content (AvgIpc) is 3.29. The van der Waals surface area contributed by atoms with Gasteiger partial charge >= 0.3 is 5.97 Å². The fraction of sp³-hybridized carbons (Fsp3) is 0.417. The Morgan fingerprint density at radius 2 is 1.87 bits per heavy atom. The summed E-state index contributed by atoms with van der Waals surface area (Å²) < 4.78 is 16.4. The van der Waals surface area contributed by atoms with Crippen LogP contribution in [0.4, 0.5) is 0 Å². The zero-order valence-electron chi connectivity index (χ0n) is 17.4. The van der Waals surface area contributed by atoms with Gasteiger partial charge in [-0.1, -0.05) is 29.8 Å². The Morgan fingerprint density at radius 3 is 2.57 bits per heavy atom. The third-order valence-electron chi connectivity index (χ3n) is 4.97. The molecule has 0 aliphatic carbocycles. The number of aryl methyl sites for hydroxylation is 2. The number of ether oxygens (including phenoxy) is 3. The lowest BCUT2D eigenvalue weighted by Crippen LogP contribution is -2.28. The Hall–Kier alpha value is -2.86. The Bertz CT molecular complexity index is 810. The minimum absolute atomic E-state index is 0.0561. The Kier molecular flexibility index (Phi) is 8.27. The van der Waals surface area contributed by atoms with Crippen LogP contribution >= 0.6 is 0 Å². The molecule has 30 heavy (non-hydrogen) atoms. The lowest BCUT2D eigenvalue weighted by Gasteiger charge is -2.11. The first-order valence-electron chi connectivity index (χ1n) is 10.4. The molecule has 0 saturated carbocycles. The van der Waals surface area contributed by atoms with Crippen molar-refractivity contribution in [1.82, 2.24) is 5.32 Å². The Balaban J connectivity index is 1.30. The Labute approximate surface area is 177 Å². The van der Waals surface area contributed by atoms with Gasteiger partial charge in [-0.05, 0) is 56.0 Å². The summed E-state index contributed by atoms with van der Waals surface area (Å²) in [5.74, 6) is 0.219. The largest absolute Gasteiger partial charge is 0.491 e. The molecule has 1 N–H and O–H groups in total. The second-order valence-electron chi connectivity index (χ2n) is 7.44. The molecule has 1 amide bonds. The highest BCUT2D eigenvalue weighted by Crippen LogP contribution is 2.17. The van der Waals surface area contributed by atoms with Crippen molar-refractivity contribution in [3.8, 4) is 5.75 Å². The van der Waals surface area contributed by atoms with Gasteiger partial charge in [0.15, 0.2) is 0 Å². The van der Waals surface area contributed by atoms with Crippen LogP contribution in [0.15, 0.2) is 48.5 Å². The van der Waals surface area contributed by atoms with Crippen LogP contribution in [0.25, 0.3) is 0 Å². The van der Waals surface area contributed by atoms with E-state index in [0.29, 0.717) is 37.3 Å². The van der Waals surface area contributed by atoms with E-state index in [1.807, 2.05) is 31.2 Å². The molecule has 160 valence electrons. The molecular formula is C24H29NO5. The second-order valence-corrected chi connectivity index (χ2v) is 7.44. The van der Waals surface area contributed by atoms with E-state index < -0.39 is 5.97 Å². The van der Waals surface area contributed by atoms with Gasteiger partial charge in [0.2, 0.25) is 5.91 Å². The summed E-state index contributed by atoms with van der Waals surface area (Å²) in [6, 6.07) is 15.0. The number of carbonyl (C=O) groups excluding carboxylic acids is 2. The monoisotopic (exact) mass is 411 g/mol. The first kappa shape index (κ1) is 21.8. The standard InChI is InChI=1S/C24H29NO5/c1-18-4-6-19(7-5-18)8-13-23(26)25-14-16-29-24(27)20-9-11-21(12-10-20)30-17-22-3-2-15-28-22/h4-7,9-12,22H,2-3,8,13-17H2,1H3,(H,25,26). The molecule has 1 saturated heterocycles. The fourth-order valence-corrected chi connectivity index (χ4v) is 3.17. The van der Waals surface area contributed by atoms with E-state index in [0.717, 1.165) is 25.0 Å². The van der Waals surface area contributed by atoms with Crippen molar-refractivity contribution in [2.75, 3.05) is 26.4 Å². The SMILES string of the molecule is Cc1ccc(CCC(=O)NCCOC(=O)c2ccc(OCC3CCCO3)cc2)cc1. The molecule has 6 heteroatoms. The number of amides is 1. The van der Waals surface area contributed by atoms with Crippen LogP contribution in [-0.2, 0) is 20.7 Å². The molecule has 0 radical (unpaired) electrons. The number of nitrogens with one attached hydrogen (secondary N) is 1. The number of hydrogen-bond donors (Lipinski definition) is 1.